The van der Waals surface area contributed by atoms with Gasteiger partial charge in [-0.2, -0.15) is 0 Å². The van der Waals surface area contributed by atoms with Gasteiger partial charge in [-0.25, -0.2) is 9.59 Å². The Morgan fingerprint density at radius 1 is 0.962 bits per heavy atom. The van der Waals surface area contributed by atoms with Gasteiger partial charge in [0.25, 0.3) is 5.91 Å². The smallest absolute Gasteiger partial charge is 0.407 e. The maximum Gasteiger partial charge on any atom is 0.407 e. The van der Waals surface area contributed by atoms with Gasteiger partial charge < -0.3 is 35.6 Å². The number of allylic oxidation sites excluding steroid dienone is 5. The van der Waals surface area contributed by atoms with Crippen LogP contribution in [0.5, 0.6) is 0 Å². The minimum absolute atomic E-state index is 0.0705. The number of ketones is 1. The number of Topliss-reactive ketones (excluding diaryl/α,β-unsaturated/α-hetero) is 1. The van der Waals surface area contributed by atoms with Gasteiger partial charge in [0.2, 0.25) is 23.5 Å². The molecule has 3 fully saturated rings. The van der Waals surface area contributed by atoms with Gasteiger partial charge in [0.05, 0.1) is 26.3 Å². The maximum absolute atomic E-state index is 14.5. The van der Waals surface area contributed by atoms with E-state index in [1.165, 1.54) is 7.11 Å². The molecule has 0 aromatic carbocycles. The van der Waals surface area contributed by atoms with E-state index in [4.69, 9.17) is 9.47 Å². The number of ether oxygens (including phenoxy) is 2. The first-order chi connectivity index (χ1) is 25.4. The number of amides is 5. The van der Waals surface area contributed by atoms with E-state index < -0.39 is 60.2 Å². The second kappa shape index (κ2) is 19.5. The normalized spacial score (nSPS) is 21.5. The highest BCUT2D eigenvalue weighted by atomic mass is 16.5. The lowest BCUT2D eigenvalue weighted by molar-refractivity contribution is -0.143. The Balaban J connectivity index is 1.46. The van der Waals surface area contributed by atoms with Crippen molar-refractivity contribution >= 4 is 41.5 Å². The largest absolute Gasteiger partial charge is 0.464 e. The summed E-state index contributed by atoms with van der Waals surface area (Å²) in [6.07, 6.45) is 15.9. The fourth-order valence-corrected chi connectivity index (χ4v) is 7.93. The summed E-state index contributed by atoms with van der Waals surface area (Å²) in [6, 6.07) is -2.94. The molecule has 14 heteroatoms. The zero-order valence-electron chi connectivity index (χ0n) is 31.6. The minimum Gasteiger partial charge on any atom is -0.464 e. The molecule has 0 aromatic heterocycles. The van der Waals surface area contributed by atoms with Gasteiger partial charge in [-0.05, 0) is 67.8 Å². The SMILES string of the molecule is CCC[C@@H](NC(=O)[C@@H]1CC2(CCCC2)CN1C(=O)[C@@H](NC(=O)OCC(C)C)C1CCCCC1)C(=O)C(=O)NCC(=O)NC(C(=O)OC)=C1C=CC=CC1. The van der Waals surface area contributed by atoms with Crippen molar-refractivity contribution in [3.63, 3.8) is 0 Å². The van der Waals surface area contributed by atoms with Crippen LogP contribution in [0.25, 0.3) is 0 Å². The third-order valence-corrected chi connectivity index (χ3v) is 10.7. The van der Waals surface area contributed by atoms with Gasteiger partial charge in [0.15, 0.2) is 0 Å². The van der Waals surface area contributed by atoms with Crippen molar-refractivity contribution in [2.75, 3.05) is 26.8 Å². The number of carbonyl (C=O) groups is 7. The van der Waals surface area contributed by atoms with Gasteiger partial charge in [-0.1, -0.05) is 83.6 Å². The Kier molecular flexibility index (Phi) is 15.2. The third kappa shape index (κ3) is 11.3. The highest BCUT2D eigenvalue weighted by Gasteiger charge is 2.52. The van der Waals surface area contributed by atoms with Crippen LogP contribution in [0.15, 0.2) is 35.6 Å². The Hall–Kier alpha value is -4.49. The molecule has 1 saturated heterocycles. The number of nitrogens with zero attached hydrogens (tertiary/aromatic N) is 1. The number of methoxy groups -OCH3 is 1. The monoisotopic (exact) mass is 739 g/mol. The summed E-state index contributed by atoms with van der Waals surface area (Å²) in [5.74, 6) is -4.34. The summed E-state index contributed by atoms with van der Waals surface area (Å²) < 4.78 is 10.2. The number of hydrogen-bond donors (Lipinski definition) is 4. The van der Waals surface area contributed by atoms with E-state index in [2.05, 4.69) is 21.3 Å². The second-order valence-corrected chi connectivity index (χ2v) is 15.2. The van der Waals surface area contributed by atoms with E-state index in [-0.39, 0.29) is 41.9 Å². The van der Waals surface area contributed by atoms with E-state index in [1.54, 1.807) is 29.2 Å². The molecular weight excluding hydrogens is 682 g/mol. The fraction of sp³-hybridized carbons (Fsp3) is 0.667. The van der Waals surface area contributed by atoms with Gasteiger partial charge in [0.1, 0.15) is 17.8 Å². The molecule has 1 heterocycles. The summed E-state index contributed by atoms with van der Waals surface area (Å²) >= 11 is 0. The van der Waals surface area contributed by atoms with Gasteiger partial charge in [-0.3, -0.25) is 24.0 Å². The Morgan fingerprint density at radius 2 is 1.68 bits per heavy atom. The number of rotatable bonds is 15. The maximum atomic E-state index is 14.5. The van der Waals surface area contributed by atoms with Crippen molar-refractivity contribution in [1.29, 1.82) is 0 Å². The van der Waals surface area contributed by atoms with E-state index in [9.17, 15) is 33.6 Å². The first-order valence-corrected chi connectivity index (χ1v) is 19.2. The molecule has 3 aliphatic carbocycles. The molecule has 5 amide bonds. The molecule has 0 unspecified atom stereocenters. The van der Waals surface area contributed by atoms with Crippen LogP contribution in [0.4, 0.5) is 4.79 Å². The molecule has 4 N–H and O–H groups in total. The molecule has 3 atom stereocenters. The molecule has 1 spiro atoms. The van der Waals surface area contributed by atoms with Crippen LogP contribution in [0, 0.1) is 17.3 Å². The summed E-state index contributed by atoms with van der Waals surface area (Å²) in [4.78, 5) is 94.7. The van der Waals surface area contributed by atoms with E-state index >= 15 is 0 Å². The molecule has 0 radical (unpaired) electrons. The van der Waals surface area contributed by atoms with Crippen molar-refractivity contribution in [1.82, 2.24) is 26.2 Å². The number of nitrogens with one attached hydrogen (secondary N) is 4. The molecule has 292 valence electrons. The predicted molar refractivity (Wildman–Crippen MR) is 196 cm³/mol. The molecular formula is C39H57N5O9. The van der Waals surface area contributed by atoms with Crippen LogP contribution in [0.2, 0.25) is 0 Å². The van der Waals surface area contributed by atoms with E-state index in [0.717, 1.165) is 57.8 Å². The first-order valence-electron chi connectivity index (χ1n) is 19.2. The standard InChI is InChI=1S/C39H57N5O9/c1-5-14-28(33(46)35(48)40-22-30(45)42-32(37(50)52-4)27-17-10-7-11-18-27)41-34(47)29-21-39(19-12-13-20-39)24-44(29)36(49)31(26-15-8-6-9-16-26)43-38(51)53-23-25(2)3/h7,10-11,17,25-26,28-29,31H,5-6,8-9,12-16,18-24H2,1-4H3,(H,40,48)(H,41,47)(H,42,45)(H,43,51)/t28-,29+,31+/m1/s1. The summed E-state index contributed by atoms with van der Waals surface area (Å²) in [5, 5.41) is 10.4. The van der Waals surface area contributed by atoms with Crippen molar-refractivity contribution in [2.24, 2.45) is 17.3 Å². The van der Waals surface area contributed by atoms with Crippen molar-refractivity contribution in [2.45, 2.75) is 122 Å². The van der Waals surface area contributed by atoms with Crippen molar-refractivity contribution in [3.8, 4) is 0 Å². The molecule has 4 aliphatic rings. The number of esters is 1. The van der Waals surface area contributed by atoms with Crippen LogP contribution in [-0.2, 0) is 38.2 Å². The molecule has 2 saturated carbocycles. The average Bonchev–Trinajstić information content (AvgIpc) is 3.80. The second-order valence-electron chi connectivity index (χ2n) is 15.2. The topological polar surface area (TPSA) is 189 Å². The van der Waals surface area contributed by atoms with E-state index in [1.807, 2.05) is 20.8 Å². The molecule has 4 rings (SSSR count). The van der Waals surface area contributed by atoms with Crippen molar-refractivity contribution in [3.05, 3.63) is 35.6 Å². The zero-order chi connectivity index (χ0) is 38.5. The van der Waals surface area contributed by atoms with Gasteiger partial charge in [-0.15, -0.1) is 0 Å². The Morgan fingerprint density at radius 3 is 2.30 bits per heavy atom. The molecule has 53 heavy (non-hydrogen) atoms. The van der Waals surface area contributed by atoms with Crippen molar-refractivity contribution < 1.29 is 43.0 Å². The Labute approximate surface area is 312 Å². The predicted octanol–water partition coefficient (Wildman–Crippen LogP) is 3.51. The summed E-state index contributed by atoms with van der Waals surface area (Å²) in [5.41, 5.74) is 0.203. The third-order valence-electron chi connectivity index (χ3n) is 10.7. The van der Waals surface area contributed by atoms with Crippen LogP contribution in [-0.4, -0.2) is 91.3 Å². The quantitative estimate of drug-likeness (QED) is 0.111. The number of hydrogen-bond acceptors (Lipinski definition) is 9. The zero-order valence-corrected chi connectivity index (χ0v) is 31.6. The summed E-state index contributed by atoms with van der Waals surface area (Å²) in [6.45, 7) is 5.64. The molecule has 0 aromatic rings. The lowest BCUT2D eigenvalue weighted by atomic mass is 9.83. The number of likely N-dealkylation sites (tertiary alicyclic amines) is 1. The number of alkyl carbamates (subject to hydrolysis) is 1. The van der Waals surface area contributed by atoms with Gasteiger partial charge in [0, 0.05) is 6.54 Å². The van der Waals surface area contributed by atoms with E-state index in [0.29, 0.717) is 31.4 Å². The summed E-state index contributed by atoms with van der Waals surface area (Å²) in [7, 11) is 1.19. The highest BCUT2D eigenvalue weighted by Crippen LogP contribution is 2.48. The Bertz CT molecular complexity index is 1470. The average molecular weight is 740 g/mol. The lowest BCUT2D eigenvalue weighted by Crippen LogP contribution is -2.58. The minimum atomic E-state index is -1.20. The number of carbonyl (C=O) groups excluding carboxylic acids is 7. The van der Waals surface area contributed by atoms with Crippen LogP contribution >= 0.6 is 0 Å². The first kappa shape index (κ1) is 41.3. The highest BCUT2D eigenvalue weighted by molar-refractivity contribution is 6.38. The molecule has 0 bridgehead atoms. The molecule has 14 nitrogen and oxygen atoms in total. The van der Waals surface area contributed by atoms with Crippen LogP contribution in [0.3, 0.4) is 0 Å². The lowest BCUT2D eigenvalue weighted by Gasteiger charge is -2.35. The van der Waals surface area contributed by atoms with Crippen LogP contribution < -0.4 is 21.3 Å². The molecule has 1 aliphatic heterocycles. The van der Waals surface area contributed by atoms with Crippen LogP contribution in [0.1, 0.15) is 104 Å². The fourth-order valence-electron chi connectivity index (χ4n) is 7.93. The van der Waals surface area contributed by atoms with Gasteiger partial charge >= 0.3 is 12.1 Å².